The second-order valence-corrected chi connectivity index (χ2v) is 10.3. The Morgan fingerprint density at radius 1 is 0.893 bits per heavy atom. The fourth-order valence-electron chi connectivity index (χ4n) is 2.71. The van der Waals surface area contributed by atoms with E-state index in [0.29, 0.717) is 5.69 Å². The summed E-state index contributed by atoms with van der Waals surface area (Å²) in [5.74, 6) is 0. The van der Waals surface area contributed by atoms with Crippen molar-refractivity contribution >= 4 is 31.8 Å². The first kappa shape index (κ1) is 23.0. The van der Waals surface area contributed by atoms with E-state index in [9.17, 15) is 9.13 Å². The maximum Gasteiger partial charge on any atom is 0.365 e. The molecule has 0 amide bonds. The molecule has 156 valence electrons. The molecule has 0 unspecified atom stereocenters. The van der Waals surface area contributed by atoms with Crippen molar-refractivity contribution < 1.29 is 27.2 Å². The number of fused-ring (bicyclic) bond motifs is 1. The van der Waals surface area contributed by atoms with Gasteiger partial charge in [-0.05, 0) is 39.8 Å². The molecule has 0 aliphatic carbocycles. The van der Waals surface area contributed by atoms with Gasteiger partial charge in [-0.25, -0.2) is 0 Å². The first-order valence-corrected chi connectivity index (χ1v) is 12.5. The monoisotopic (exact) mass is 430 g/mol. The van der Waals surface area contributed by atoms with E-state index in [1.54, 1.807) is 33.9 Å². The molecule has 0 aliphatic heterocycles. The number of nitrogens with one attached hydrogen (secondary N) is 1. The lowest BCUT2D eigenvalue weighted by Gasteiger charge is -2.32. The summed E-state index contributed by atoms with van der Waals surface area (Å²) >= 11 is 0. The topological polar surface area (TPSA) is 96.0 Å². The van der Waals surface area contributed by atoms with Crippen LogP contribution in [0.5, 0.6) is 0 Å². The third-order valence-electron chi connectivity index (χ3n) is 3.72. The molecule has 2 rings (SSSR count). The molecule has 0 aliphatic rings. The van der Waals surface area contributed by atoms with Crippen molar-refractivity contribution in [3.63, 3.8) is 0 Å². The molecule has 1 heterocycles. The Kier molecular flexibility index (Phi) is 8.62. The fraction of sp³-hybridized carbons (Fsp3) is 0.500. The zero-order chi connectivity index (χ0) is 20.6. The van der Waals surface area contributed by atoms with Crippen LogP contribution in [0.3, 0.4) is 0 Å². The zero-order valence-corrected chi connectivity index (χ0v) is 18.4. The second-order valence-electron chi connectivity index (χ2n) is 5.69. The second kappa shape index (κ2) is 10.5. The summed E-state index contributed by atoms with van der Waals surface area (Å²) in [5, 5.41) is 3.87. The van der Waals surface area contributed by atoms with Crippen LogP contribution in [0, 0.1) is 0 Å². The normalized spacial score (nSPS) is 12.6. The number of benzene rings is 1. The van der Waals surface area contributed by atoms with Gasteiger partial charge < -0.3 is 23.4 Å². The molecule has 0 saturated heterocycles. The summed E-state index contributed by atoms with van der Waals surface area (Å²) in [6.07, 6.45) is 1.57. The summed E-state index contributed by atoms with van der Waals surface area (Å²) in [6.45, 7) is 7.21. The lowest BCUT2D eigenvalue weighted by molar-refractivity contribution is 0.198. The maximum absolute atomic E-state index is 13.5. The predicted molar refractivity (Wildman–Crippen MR) is 111 cm³/mol. The van der Waals surface area contributed by atoms with Gasteiger partial charge in [-0.1, -0.05) is 18.2 Å². The highest BCUT2D eigenvalue weighted by Crippen LogP contribution is 2.70. The first-order valence-electron chi connectivity index (χ1n) is 9.31. The van der Waals surface area contributed by atoms with Gasteiger partial charge in [-0.3, -0.25) is 14.1 Å². The first-order chi connectivity index (χ1) is 13.4. The molecule has 0 atom stereocenters. The Morgan fingerprint density at radius 2 is 1.39 bits per heavy atom. The van der Waals surface area contributed by atoms with Gasteiger partial charge in [0.25, 0.3) is 0 Å². The number of aromatic nitrogens is 1. The van der Waals surface area contributed by atoms with Crippen molar-refractivity contribution in [2.75, 3.05) is 31.7 Å². The van der Waals surface area contributed by atoms with Crippen LogP contribution in [0.2, 0.25) is 0 Å². The van der Waals surface area contributed by atoms with Crippen LogP contribution in [0.4, 0.5) is 5.69 Å². The highest BCUT2D eigenvalue weighted by molar-refractivity contribution is 7.72. The molecule has 1 aromatic carbocycles. The summed E-state index contributed by atoms with van der Waals surface area (Å²) < 4.78 is 48.8. The number of hydrogen-bond acceptors (Lipinski definition) is 8. The number of hydrogen-bond donors (Lipinski definition) is 1. The Labute approximate surface area is 166 Å². The van der Waals surface area contributed by atoms with Crippen molar-refractivity contribution in [2.45, 2.75) is 33.2 Å². The lowest BCUT2D eigenvalue weighted by Crippen LogP contribution is -2.25. The highest BCUT2D eigenvalue weighted by Gasteiger charge is 2.51. The van der Waals surface area contributed by atoms with Gasteiger partial charge in [-0.15, -0.1) is 0 Å². The molecule has 0 bridgehead atoms. The van der Waals surface area contributed by atoms with Crippen molar-refractivity contribution in [1.82, 2.24) is 4.98 Å². The number of pyridine rings is 1. The predicted octanol–water partition coefficient (Wildman–Crippen LogP) is 5.46. The lowest BCUT2D eigenvalue weighted by atomic mass is 10.2. The van der Waals surface area contributed by atoms with E-state index in [1.807, 2.05) is 30.3 Å². The third-order valence-corrected chi connectivity index (χ3v) is 9.35. The van der Waals surface area contributed by atoms with Crippen LogP contribution < -0.4 is 5.32 Å². The van der Waals surface area contributed by atoms with Gasteiger partial charge in [0, 0.05) is 5.39 Å². The van der Waals surface area contributed by atoms with E-state index in [1.165, 1.54) is 0 Å². The van der Waals surface area contributed by atoms with Gasteiger partial charge in [0.1, 0.15) is 0 Å². The number of rotatable bonds is 12. The SMILES string of the molecule is CCOP(=O)(OCC)C(Nc1cnc2ccccc2c1)P(=O)(OCC)OCC. The summed E-state index contributed by atoms with van der Waals surface area (Å²) in [5.41, 5.74) is -0.0223. The van der Waals surface area contributed by atoms with Crippen molar-refractivity contribution in [1.29, 1.82) is 0 Å². The van der Waals surface area contributed by atoms with E-state index in [4.69, 9.17) is 18.1 Å². The zero-order valence-electron chi connectivity index (χ0n) is 16.7. The number of para-hydroxylation sites is 1. The standard InChI is InChI=1S/C18H28N2O6P2/c1-5-23-27(21,24-6-2)18(28(22,25-7-3)26-8-4)20-16-13-15-11-9-10-12-17(15)19-14-16/h9-14,18,20H,5-8H2,1-4H3. The van der Waals surface area contributed by atoms with E-state index in [2.05, 4.69) is 10.3 Å². The van der Waals surface area contributed by atoms with Gasteiger partial charge in [0.2, 0.25) is 5.52 Å². The largest absolute Gasteiger partial charge is 0.365 e. The molecule has 10 heteroatoms. The minimum atomic E-state index is -3.89. The van der Waals surface area contributed by atoms with Crippen LogP contribution in [0.15, 0.2) is 36.5 Å². The molecule has 1 N–H and O–H groups in total. The molecule has 0 radical (unpaired) electrons. The van der Waals surface area contributed by atoms with Gasteiger partial charge in [-0.2, -0.15) is 0 Å². The summed E-state index contributed by atoms with van der Waals surface area (Å²) in [4.78, 5) is 4.38. The minimum absolute atomic E-state index is 0.115. The molecule has 1 aromatic heterocycles. The molecule has 0 fully saturated rings. The maximum atomic E-state index is 13.5. The number of anilines is 1. The molecule has 28 heavy (non-hydrogen) atoms. The summed E-state index contributed by atoms with van der Waals surface area (Å²) in [7, 11) is -7.78. The fourth-order valence-corrected chi connectivity index (χ4v) is 7.66. The Morgan fingerprint density at radius 3 is 1.89 bits per heavy atom. The van der Waals surface area contributed by atoms with E-state index in [-0.39, 0.29) is 26.4 Å². The molecular formula is C18H28N2O6P2. The Bertz CT molecular complexity index is 813. The van der Waals surface area contributed by atoms with Gasteiger partial charge >= 0.3 is 15.2 Å². The third kappa shape index (κ3) is 5.41. The van der Waals surface area contributed by atoms with E-state index >= 15 is 0 Å². The van der Waals surface area contributed by atoms with Crippen molar-refractivity contribution in [3.05, 3.63) is 36.5 Å². The van der Waals surface area contributed by atoms with Gasteiger partial charge in [0.15, 0.2) is 0 Å². The Hall–Kier alpha value is -1.27. The van der Waals surface area contributed by atoms with Crippen LogP contribution in [0.1, 0.15) is 27.7 Å². The molecule has 0 spiro atoms. The molecule has 0 saturated carbocycles. The quantitative estimate of drug-likeness (QED) is 0.443. The minimum Gasteiger partial charge on any atom is -0.360 e. The Balaban J connectivity index is 2.51. The van der Waals surface area contributed by atoms with Crippen LogP contribution in [-0.2, 0) is 27.2 Å². The average molecular weight is 430 g/mol. The van der Waals surface area contributed by atoms with Crippen LogP contribution in [0.25, 0.3) is 10.9 Å². The summed E-state index contributed by atoms with van der Waals surface area (Å²) in [6, 6.07) is 9.38. The van der Waals surface area contributed by atoms with Crippen molar-refractivity contribution in [2.24, 2.45) is 0 Å². The highest BCUT2D eigenvalue weighted by atomic mass is 31.2. The molecular weight excluding hydrogens is 402 g/mol. The van der Waals surface area contributed by atoms with Crippen molar-refractivity contribution in [3.8, 4) is 0 Å². The smallest absolute Gasteiger partial charge is 0.360 e. The van der Waals surface area contributed by atoms with E-state index < -0.39 is 20.7 Å². The molecule has 8 nitrogen and oxygen atoms in total. The van der Waals surface area contributed by atoms with Crippen LogP contribution >= 0.6 is 15.2 Å². The molecule has 2 aromatic rings. The van der Waals surface area contributed by atoms with Crippen LogP contribution in [-0.4, -0.2) is 36.9 Å². The number of nitrogens with zero attached hydrogens (tertiary/aromatic N) is 1. The average Bonchev–Trinajstić information content (AvgIpc) is 2.66. The van der Waals surface area contributed by atoms with Gasteiger partial charge in [0.05, 0.1) is 43.8 Å². The van der Waals surface area contributed by atoms with E-state index in [0.717, 1.165) is 10.9 Å².